The predicted molar refractivity (Wildman–Crippen MR) is 92.1 cm³/mol. The Morgan fingerprint density at radius 1 is 1.28 bits per heavy atom. The number of fused-ring (bicyclic) bond motifs is 2. The molecule has 25 heavy (non-hydrogen) atoms. The summed E-state index contributed by atoms with van der Waals surface area (Å²) in [6.07, 6.45) is 0.578. The molecule has 2 bridgehead atoms. The van der Waals surface area contributed by atoms with Gasteiger partial charge in [-0.1, -0.05) is 0 Å². The van der Waals surface area contributed by atoms with Gasteiger partial charge in [0.05, 0.1) is 29.8 Å². The third kappa shape index (κ3) is 3.33. The normalized spacial score (nSPS) is 22.2. The van der Waals surface area contributed by atoms with Crippen molar-refractivity contribution in [1.29, 1.82) is 0 Å². The lowest BCUT2D eigenvalue weighted by molar-refractivity contribution is -0.384. The van der Waals surface area contributed by atoms with Gasteiger partial charge in [-0.2, -0.15) is 0 Å². The summed E-state index contributed by atoms with van der Waals surface area (Å²) in [4.78, 5) is 26.8. The van der Waals surface area contributed by atoms with Crippen molar-refractivity contribution in [2.45, 2.75) is 44.9 Å². The zero-order valence-corrected chi connectivity index (χ0v) is 14.9. The van der Waals surface area contributed by atoms with E-state index in [1.807, 2.05) is 20.8 Å². The molecule has 2 fully saturated rings. The van der Waals surface area contributed by atoms with Gasteiger partial charge in [-0.25, -0.2) is 4.79 Å². The summed E-state index contributed by atoms with van der Waals surface area (Å²) in [5, 5.41) is 10.9. The lowest BCUT2D eigenvalue weighted by Gasteiger charge is -2.36. The lowest BCUT2D eigenvalue weighted by Crippen LogP contribution is -2.50. The van der Waals surface area contributed by atoms with E-state index in [-0.39, 0.29) is 23.9 Å². The Hall–Kier alpha value is -2.51. The van der Waals surface area contributed by atoms with Gasteiger partial charge in [-0.15, -0.1) is 0 Å². The molecule has 3 rings (SSSR count). The fourth-order valence-electron chi connectivity index (χ4n) is 3.52. The first-order chi connectivity index (χ1) is 11.7. The highest BCUT2D eigenvalue weighted by atomic mass is 16.6. The monoisotopic (exact) mass is 349 g/mol. The van der Waals surface area contributed by atoms with Gasteiger partial charge >= 0.3 is 6.09 Å². The number of hydrogen-bond donors (Lipinski definition) is 0. The Morgan fingerprint density at radius 2 is 2.00 bits per heavy atom. The molecule has 0 N–H and O–H groups in total. The van der Waals surface area contributed by atoms with Crippen molar-refractivity contribution in [3.05, 3.63) is 28.3 Å². The number of hydrogen-bond acceptors (Lipinski definition) is 6. The van der Waals surface area contributed by atoms with Crippen molar-refractivity contribution in [3.8, 4) is 5.75 Å². The van der Waals surface area contributed by atoms with E-state index in [1.165, 1.54) is 19.2 Å². The Balaban J connectivity index is 1.75. The number of nitro benzene ring substituents is 1. The SMILES string of the molecule is COc1cc([N+](=O)[O-])ccc1N1C[C@@H]2C[C@H]1CN2C(=O)OC(C)(C)C. The fourth-order valence-corrected chi connectivity index (χ4v) is 3.52. The van der Waals surface area contributed by atoms with Gasteiger partial charge in [-0.05, 0) is 33.3 Å². The van der Waals surface area contributed by atoms with Gasteiger partial charge in [0.25, 0.3) is 5.69 Å². The number of piperazine rings is 1. The zero-order chi connectivity index (χ0) is 18.4. The number of nitrogens with zero attached hydrogens (tertiary/aromatic N) is 3. The number of benzene rings is 1. The molecule has 0 unspecified atom stereocenters. The second-order valence-corrected chi connectivity index (χ2v) is 7.44. The van der Waals surface area contributed by atoms with E-state index < -0.39 is 10.5 Å². The molecule has 0 radical (unpaired) electrons. The van der Waals surface area contributed by atoms with E-state index in [0.717, 1.165) is 12.1 Å². The molecule has 2 atom stereocenters. The molecule has 0 spiro atoms. The smallest absolute Gasteiger partial charge is 0.410 e. The fraction of sp³-hybridized carbons (Fsp3) is 0.588. The number of non-ortho nitro benzene ring substituents is 1. The minimum Gasteiger partial charge on any atom is -0.494 e. The third-order valence-corrected chi connectivity index (χ3v) is 4.55. The molecule has 136 valence electrons. The standard InChI is InChI=1S/C17H23N3O5/c1-17(2,3)25-16(21)19-10-12-7-13(19)9-18(12)14-6-5-11(20(22)23)8-15(14)24-4/h5-6,8,12-13H,7,9-10H2,1-4H3/t12-,13-/m0/s1. The summed E-state index contributed by atoms with van der Waals surface area (Å²) in [6, 6.07) is 4.88. The topological polar surface area (TPSA) is 85.2 Å². The van der Waals surface area contributed by atoms with E-state index in [4.69, 9.17) is 9.47 Å². The van der Waals surface area contributed by atoms with Crippen LogP contribution in [0.15, 0.2) is 18.2 Å². The third-order valence-electron chi connectivity index (χ3n) is 4.55. The maximum Gasteiger partial charge on any atom is 0.410 e. The van der Waals surface area contributed by atoms with E-state index in [1.54, 1.807) is 11.0 Å². The molecule has 2 heterocycles. The maximum absolute atomic E-state index is 12.3. The van der Waals surface area contributed by atoms with Gasteiger partial charge < -0.3 is 19.3 Å². The number of anilines is 1. The van der Waals surface area contributed by atoms with Crippen LogP contribution in [0.1, 0.15) is 27.2 Å². The molecule has 2 saturated heterocycles. The average molecular weight is 349 g/mol. The highest BCUT2D eigenvalue weighted by molar-refractivity contribution is 5.71. The van der Waals surface area contributed by atoms with Crippen LogP contribution in [0.25, 0.3) is 0 Å². The van der Waals surface area contributed by atoms with Crippen molar-refractivity contribution in [3.63, 3.8) is 0 Å². The molecule has 1 aromatic carbocycles. The van der Waals surface area contributed by atoms with Crippen molar-refractivity contribution >= 4 is 17.5 Å². The Morgan fingerprint density at radius 3 is 2.52 bits per heavy atom. The summed E-state index contributed by atoms with van der Waals surface area (Å²) in [6.45, 7) is 6.81. The molecular weight excluding hydrogens is 326 g/mol. The van der Waals surface area contributed by atoms with Crippen molar-refractivity contribution in [1.82, 2.24) is 4.90 Å². The number of carbonyl (C=O) groups is 1. The number of rotatable bonds is 3. The van der Waals surface area contributed by atoms with Gasteiger partial charge in [0, 0.05) is 25.2 Å². The number of nitro groups is 1. The highest BCUT2D eigenvalue weighted by Crippen LogP contribution is 2.40. The van der Waals surface area contributed by atoms with E-state index in [9.17, 15) is 14.9 Å². The molecule has 2 aliphatic heterocycles. The van der Waals surface area contributed by atoms with Gasteiger partial charge in [-0.3, -0.25) is 10.1 Å². The van der Waals surface area contributed by atoms with Crippen LogP contribution in [-0.4, -0.2) is 53.8 Å². The first-order valence-electron chi connectivity index (χ1n) is 8.28. The first kappa shape index (κ1) is 17.3. The van der Waals surface area contributed by atoms with Crippen LogP contribution < -0.4 is 9.64 Å². The number of carbonyl (C=O) groups excluding carboxylic acids is 1. The molecule has 8 heteroatoms. The predicted octanol–water partition coefficient (Wildman–Crippen LogP) is 2.80. The van der Waals surface area contributed by atoms with Crippen LogP contribution in [0, 0.1) is 10.1 Å². The van der Waals surface area contributed by atoms with Gasteiger partial charge in [0.15, 0.2) is 0 Å². The minimum absolute atomic E-state index is 0.000313. The molecule has 2 aliphatic rings. The quantitative estimate of drug-likeness (QED) is 0.616. The molecule has 1 amide bonds. The highest BCUT2D eigenvalue weighted by Gasteiger charge is 2.47. The second kappa shape index (κ2) is 6.09. The molecular formula is C17H23N3O5. The van der Waals surface area contributed by atoms with Crippen LogP contribution in [0.5, 0.6) is 5.75 Å². The van der Waals surface area contributed by atoms with Crippen LogP contribution in [0.2, 0.25) is 0 Å². The first-order valence-corrected chi connectivity index (χ1v) is 8.28. The largest absolute Gasteiger partial charge is 0.494 e. The summed E-state index contributed by atoms with van der Waals surface area (Å²) < 4.78 is 10.8. The van der Waals surface area contributed by atoms with Crippen molar-refractivity contribution in [2.75, 3.05) is 25.1 Å². The summed E-state index contributed by atoms with van der Waals surface area (Å²) in [5.74, 6) is 0.477. The molecule has 0 aliphatic carbocycles. The second-order valence-electron chi connectivity index (χ2n) is 7.44. The summed E-state index contributed by atoms with van der Waals surface area (Å²) in [7, 11) is 1.50. The minimum atomic E-state index is -0.514. The van der Waals surface area contributed by atoms with Crippen molar-refractivity contribution < 1.29 is 19.2 Å². The molecule has 0 aromatic heterocycles. The van der Waals surface area contributed by atoms with Crippen molar-refractivity contribution in [2.24, 2.45) is 0 Å². The van der Waals surface area contributed by atoms with Gasteiger partial charge in [0.1, 0.15) is 11.4 Å². The van der Waals surface area contributed by atoms with Crippen LogP contribution in [0.4, 0.5) is 16.2 Å². The lowest BCUT2D eigenvalue weighted by atomic mass is 10.2. The number of likely N-dealkylation sites (tertiary alicyclic amines) is 1. The number of methoxy groups -OCH3 is 1. The van der Waals surface area contributed by atoms with Crippen LogP contribution in [-0.2, 0) is 4.74 Å². The van der Waals surface area contributed by atoms with E-state index in [2.05, 4.69) is 4.90 Å². The van der Waals surface area contributed by atoms with Crippen LogP contribution >= 0.6 is 0 Å². The van der Waals surface area contributed by atoms with E-state index in [0.29, 0.717) is 18.8 Å². The number of amides is 1. The van der Waals surface area contributed by atoms with Gasteiger partial charge in [0.2, 0.25) is 0 Å². The Labute approximate surface area is 146 Å². The average Bonchev–Trinajstić information content (AvgIpc) is 3.12. The van der Waals surface area contributed by atoms with Crippen LogP contribution in [0.3, 0.4) is 0 Å². The molecule has 8 nitrogen and oxygen atoms in total. The molecule has 1 aromatic rings. The molecule has 0 saturated carbocycles. The summed E-state index contributed by atoms with van der Waals surface area (Å²) in [5.41, 5.74) is 0.310. The Kier molecular flexibility index (Phi) is 4.22. The zero-order valence-electron chi connectivity index (χ0n) is 14.9. The summed E-state index contributed by atoms with van der Waals surface area (Å²) >= 11 is 0. The Bertz CT molecular complexity index is 700. The number of ether oxygens (including phenoxy) is 2. The maximum atomic E-state index is 12.3. The van der Waals surface area contributed by atoms with E-state index >= 15 is 0 Å².